The third kappa shape index (κ3) is 5.16. The molecule has 2 amide bonds. The van der Waals surface area contributed by atoms with Crippen LogP contribution in [-0.2, 0) is 16.1 Å². The summed E-state index contributed by atoms with van der Waals surface area (Å²) < 4.78 is 20.0. The summed E-state index contributed by atoms with van der Waals surface area (Å²) in [5, 5.41) is 5.81. The number of cyclic esters (lactones) is 1. The van der Waals surface area contributed by atoms with E-state index in [1.54, 1.807) is 12.1 Å². The summed E-state index contributed by atoms with van der Waals surface area (Å²) in [5.74, 6) is 1.98. The maximum absolute atomic E-state index is 14.8. The third-order valence-electron chi connectivity index (χ3n) is 4.84. The summed E-state index contributed by atoms with van der Waals surface area (Å²) in [7, 11) is 0. The molecule has 2 atom stereocenters. The Morgan fingerprint density at radius 2 is 2.07 bits per heavy atom. The second kappa shape index (κ2) is 9.42. The second-order valence-electron chi connectivity index (χ2n) is 7.18. The molecule has 1 fully saturated rings. The van der Waals surface area contributed by atoms with Crippen molar-refractivity contribution in [2.24, 2.45) is 0 Å². The largest absolute Gasteiger partial charge is 0.442 e. The second-order valence-corrected chi connectivity index (χ2v) is 7.18. The summed E-state index contributed by atoms with van der Waals surface area (Å²) in [6.07, 6.45) is 4.32. The Labute approximate surface area is 175 Å². The maximum atomic E-state index is 14.8. The molecule has 1 aliphatic heterocycles. The van der Waals surface area contributed by atoms with E-state index in [1.807, 2.05) is 31.2 Å². The van der Waals surface area contributed by atoms with Crippen molar-refractivity contribution >= 4 is 17.7 Å². The number of rotatable bonds is 7. The van der Waals surface area contributed by atoms with Crippen LogP contribution in [0.25, 0.3) is 11.1 Å². The summed E-state index contributed by atoms with van der Waals surface area (Å²) in [4.78, 5) is 24.5. The van der Waals surface area contributed by atoms with Crippen LogP contribution in [0, 0.1) is 18.2 Å². The van der Waals surface area contributed by atoms with Gasteiger partial charge in [-0.15, -0.1) is 6.42 Å². The van der Waals surface area contributed by atoms with E-state index in [1.165, 1.54) is 17.9 Å². The molecule has 0 spiro atoms. The van der Waals surface area contributed by atoms with Crippen LogP contribution >= 0.6 is 0 Å². The molecule has 0 saturated carbocycles. The standard InChI is InChI=1S/C23H24FN3O3/c1-4-15(2)25-12-17-5-7-18(8-6-17)21-10-9-19(11-22(21)24)27-14-20(30-23(27)29)13-26-16(3)28/h1,5-11,15,20,25H,12-14H2,2-3H3,(H,26,28)/t15?,20-/m0/s1. The Hall–Kier alpha value is -3.37. The van der Waals surface area contributed by atoms with Gasteiger partial charge in [0.2, 0.25) is 5.91 Å². The van der Waals surface area contributed by atoms with Crippen molar-refractivity contribution in [3.63, 3.8) is 0 Å². The lowest BCUT2D eigenvalue weighted by atomic mass is 10.0. The first-order valence-corrected chi connectivity index (χ1v) is 9.68. The Balaban J connectivity index is 1.69. The molecule has 30 heavy (non-hydrogen) atoms. The summed E-state index contributed by atoms with van der Waals surface area (Å²) >= 11 is 0. The van der Waals surface area contributed by atoms with Gasteiger partial charge < -0.3 is 10.1 Å². The van der Waals surface area contributed by atoms with Crippen molar-refractivity contribution in [2.45, 2.75) is 32.5 Å². The first-order valence-electron chi connectivity index (χ1n) is 9.68. The van der Waals surface area contributed by atoms with Crippen LogP contribution in [0.1, 0.15) is 19.4 Å². The van der Waals surface area contributed by atoms with Crippen LogP contribution in [0.5, 0.6) is 0 Å². The van der Waals surface area contributed by atoms with E-state index in [9.17, 15) is 14.0 Å². The van der Waals surface area contributed by atoms with Crippen molar-refractivity contribution < 1.29 is 18.7 Å². The smallest absolute Gasteiger partial charge is 0.414 e. The van der Waals surface area contributed by atoms with Gasteiger partial charge in [-0.25, -0.2) is 9.18 Å². The first kappa shape index (κ1) is 21.3. The van der Waals surface area contributed by atoms with E-state index < -0.39 is 18.0 Å². The van der Waals surface area contributed by atoms with Crippen LogP contribution in [0.2, 0.25) is 0 Å². The summed E-state index contributed by atoms with van der Waals surface area (Å²) in [6.45, 7) is 4.39. The number of hydrogen-bond acceptors (Lipinski definition) is 4. The van der Waals surface area contributed by atoms with Crippen molar-refractivity contribution in [1.29, 1.82) is 0 Å². The Morgan fingerprint density at radius 1 is 1.33 bits per heavy atom. The SMILES string of the molecule is C#CC(C)NCc1ccc(-c2ccc(N3C[C@H](CNC(C)=O)OC3=O)cc2F)cc1. The average Bonchev–Trinajstić information content (AvgIpc) is 3.11. The number of carbonyl (C=O) groups is 2. The number of benzene rings is 2. The Morgan fingerprint density at radius 3 is 2.70 bits per heavy atom. The van der Waals surface area contributed by atoms with Crippen molar-refractivity contribution in [3.05, 3.63) is 53.8 Å². The Kier molecular flexibility index (Phi) is 6.70. The fourth-order valence-electron chi connectivity index (χ4n) is 3.13. The molecule has 6 nitrogen and oxygen atoms in total. The van der Waals surface area contributed by atoms with Crippen molar-refractivity contribution in [3.8, 4) is 23.5 Å². The van der Waals surface area contributed by atoms with Gasteiger partial charge in [-0.2, -0.15) is 0 Å². The number of halogens is 1. The summed E-state index contributed by atoms with van der Waals surface area (Å²) in [6, 6.07) is 12.2. The third-order valence-corrected chi connectivity index (χ3v) is 4.84. The van der Waals surface area contributed by atoms with Crippen LogP contribution in [0.3, 0.4) is 0 Å². The van der Waals surface area contributed by atoms with Gasteiger partial charge in [-0.3, -0.25) is 15.0 Å². The molecular weight excluding hydrogens is 385 g/mol. The minimum Gasteiger partial charge on any atom is -0.442 e. The molecule has 2 N–H and O–H groups in total. The molecule has 0 aliphatic carbocycles. The number of nitrogens with one attached hydrogen (secondary N) is 2. The number of hydrogen-bond donors (Lipinski definition) is 2. The molecule has 1 heterocycles. The normalized spacial score (nSPS) is 16.7. The number of carbonyl (C=O) groups excluding carboxylic acids is 2. The zero-order valence-corrected chi connectivity index (χ0v) is 16.9. The number of anilines is 1. The fraction of sp³-hybridized carbons (Fsp3) is 0.304. The molecule has 7 heteroatoms. The van der Waals surface area contributed by atoms with Gasteiger partial charge in [-0.1, -0.05) is 30.2 Å². The number of ether oxygens (including phenoxy) is 1. The predicted molar refractivity (Wildman–Crippen MR) is 113 cm³/mol. The van der Waals surface area contributed by atoms with E-state index in [0.717, 1.165) is 11.1 Å². The Bertz CT molecular complexity index is 969. The van der Waals surface area contributed by atoms with E-state index in [-0.39, 0.29) is 25.0 Å². The van der Waals surface area contributed by atoms with Crippen LogP contribution < -0.4 is 15.5 Å². The fourth-order valence-corrected chi connectivity index (χ4v) is 3.13. The number of terminal acetylenes is 1. The summed E-state index contributed by atoms with van der Waals surface area (Å²) in [5.41, 5.74) is 2.64. The lowest BCUT2D eigenvalue weighted by Gasteiger charge is -2.15. The number of amides is 2. The minimum atomic E-state index is -0.560. The van der Waals surface area contributed by atoms with Gasteiger partial charge in [0.1, 0.15) is 11.9 Å². The molecule has 0 radical (unpaired) electrons. The zero-order valence-electron chi connectivity index (χ0n) is 16.9. The van der Waals surface area contributed by atoms with E-state index in [2.05, 4.69) is 16.6 Å². The predicted octanol–water partition coefficient (Wildman–Crippen LogP) is 3.07. The molecule has 3 rings (SSSR count). The van der Waals surface area contributed by atoms with E-state index in [4.69, 9.17) is 11.2 Å². The highest BCUT2D eigenvalue weighted by atomic mass is 19.1. The average molecular weight is 409 g/mol. The van der Waals surface area contributed by atoms with Crippen molar-refractivity contribution in [1.82, 2.24) is 10.6 Å². The van der Waals surface area contributed by atoms with Crippen LogP contribution in [0.15, 0.2) is 42.5 Å². The van der Waals surface area contributed by atoms with Gasteiger partial charge in [-0.05, 0) is 36.2 Å². The van der Waals surface area contributed by atoms with Crippen molar-refractivity contribution in [2.75, 3.05) is 18.0 Å². The molecule has 1 aliphatic rings. The zero-order chi connectivity index (χ0) is 21.7. The lowest BCUT2D eigenvalue weighted by molar-refractivity contribution is -0.119. The van der Waals surface area contributed by atoms with Gasteiger partial charge in [0.15, 0.2) is 0 Å². The van der Waals surface area contributed by atoms with Crippen LogP contribution in [0.4, 0.5) is 14.9 Å². The monoisotopic (exact) mass is 409 g/mol. The lowest BCUT2D eigenvalue weighted by Crippen LogP contribution is -2.33. The van der Waals surface area contributed by atoms with Gasteiger partial charge >= 0.3 is 6.09 Å². The van der Waals surface area contributed by atoms with Crippen LogP contribution in [-0.4, -0.2) is 37.2 Å². The van der Waals surface area contributed by atoms with Gasteiger partial charge in [0, 0.05) is 19.0 Å². The molecule has 0 bridgehead atoms. The molecule has 0 aromatic heterocycles. The van der Waals surface area contributed by atoms with E-state index >= 15 is 0 Å². The van der Waals surface area contributed by atoms with E-state index in [0.29, 0.717) is 17.8 Å². The molecule has 1 unspecified atom stereocenters. The molecular formula is C23H24FN3O3. The highest BCUT2D eigenvalue weighted by molar-refractivity contribution is 5.90. The maximum Gasteiger partial charge on any atom is 0.414 e. The first-order chi connectivity index (χ1) is 14.4. The number of nitrogens with zero attached hydrogens (tertiary/aromatic N) is 1. The van der Waals surface area contributed by atoms with Gasteiger partial charge in [0.05, 0.1) is 24.8 Å². The van der Waals surface area contributed by atoms with Gasteiger partial charge in [0.25, 0.3) is 0 Å². The quantitative estimate of drug-likeness (QED) is 0.690. The highest BCUT2D eigenvalue weighted by Crippen LogP contribution is 2.29. The minimum absolute atomic E-state index is 0.0233. The topological polar surface area (TPSA) is 70.7 Å². The molecule has 156 valence electrons. The highest BCUT2D eigenvalue weighted by Gasteiger charge is 2.32. The molecule has 2 aromatic carbocycles. The molecule has 1 saturated heterocycles. The molecule has 2 aromatic rings.